The van der Waals surface area contributed by atoms with Crippen LogP contribution in [0.4, 0.5) is 0 Å². The number of hydrogen-bond donors (Lipinski definition) is 3. The molecule has 1 unspecified atom stereocenters. The van der Waals surface area contributed by atoms with Crippen LogP contribution in [-0.2, 0) is 6.54 Å². The molecular weight excluding hydrogens is 340 g/mol. The average Bonchev–Trinajstić information content (AvgIpc) is 3.18. The molecule has 0 aliphatic heterocycles. The van der Waals surface area contributed by atoms with E-state index in [-0.39, 0.29) is 6.61 Å². The lowest BCUT2D eigenvalue weighted by Crippen LogP contribution is -2.40. The molecule has 0 aromatic carbocycles. The van der Waals surface area contributed by atoms with Gasteiger partial charge in [0.2, 0.25) is 5.88 Å². The molecule has 3 N–H and O–H groups in total. The topological polar surface area (TPSA) is 78.8 Å². The monoisotopic (exact) mass is 376 g/mol. The fourth-order valence-corrected chi connectivity index (χ4v) is 3.44. The van der Waals surface area contributed by atoms with Gasteiger partial charge in [0.15, 0.2) is 5.96 Å². The molecule has 6 heteroatoms. The van der Waals surface area contributed by atoms with E-state index >= 15 is 0 Å². The van der Waals surface area contributed by atoms with Gasteiger partial charge >= 0.3 is 0 Å². The Kier molecular flexibility index (Phi) is 9.98. The van der Waals surface area contributed by atoms with Crippen molar-refractivity contribution in [3.63, 3.8) is 0 Å². The summed E-state index contributed by atoms with van der Waals surface area (Å²) in [7, 11) is 0. The van der Waals surface area contributed by atoms with Crippen LogP contribution < -0.4 is 15.4 Å². The summed E-state index contributed by atoms with van der Waals surface area (Å²) in [6.07, 6.45) is 10.0. The molecule has 6 nitrogen and oxygen atoms in total. The molecule has 1 atom stereocenters. The zero-order valence-electron chi connectivity index (χ0n) is 16.9. The van der Waals surface area contributed by atoms with Crippen molar-refractivity contribution in [2.75, 3.05) is 19.7 Å². The van der Waals surface area contributed by atoms with Crippen LogP contribution >= 0.6 is 0 Å². The normalized spacial score (nSPS) is 16.3. The van der Waals surface area contributed by atoms with Gasteiger partial charge in [-0.2, -0.15) is 0 Å². The minimum Gasteiger partial charge on any atom is -0.474 e. The minimum absolute atomic E-state index is 0.237. The van der Waals surface area contributed by atoms with Crippen LogP contribution in [-0.4, -0.2) is 41.9 Å². The highest BCUT2D eigenvalue weighted by atomic mass is 16.5. The summed E-state index contributed by atoms with van der Waals surface area (Å²) in [6.45, 7) is 6.69. The summed E-state index contributed by atoms with van der Waals surface area (Å²) in [5, 5.41) is 15.9. The maximum Gasteiger partial charge on any atom is 0.213 e. The van der Waals surface area contributed by atoms with Crippen molar-refractivity contribution in [2.24, 2.45) is 10.9 Å². The van der Waals surface area contributed by atoms with Crippen LogP contribution in [0.15, 0.2) is 23.3 Å². The minimum atomic E-state index is 0.237. The first-order valence-corrected chi connectivity index (χ1v) is 10.5. The molecule has 1 aliphatic rings. The van der Waals surface area contributed by atoms with E-state index in [1.165, 1.54) is 12.8 Å². The van der Waals surface area contributed by atoms with Gasteiger partial charge < -0.3 is 20.5 Å². The number of aliphatic hydroxyl groups is 1. The molecule has 0 amide bonds. The quantitative estimate of drug-likeness (QED) is 0.408. The summed E-state index contributed by atoms with van der Waals surface area (Å²) in [6, 6.07) is 3.98. The number of aliphatic imine (C=N–C) groups is 1. The standard InChI is InChI=1S/C21H36N4O2/c1-3-7-17(12-13-26)14-24-21(22-4-2)25-16-18-10-11-20(23-15-18)27-19-8-5-6-9-19/h10-11,15,17,19,26H,3-9,12-14,16H2,1-2H3,(H2,22,24,25). The molecule has 0 bridgehead atoms. The van der Waals surface area contributed by atoms with Crippen molar-refractivity contribution in [1.82, 2.24) is 15.6 Å². The van der Waals surface area contributed by atoms with Crippen molar-refractivity contribution in [3.8, 4) is 5.88 Å². The average molecular weight is 377 g/mol. The molecule has 1 heterocycles. The van der Waals surface area contributed by atoms with Crippen LogP contribution in [0, 0.1) is 5.92 Å². The number of rotatable bonds is 11. The maximum absolute atomic E-state index is 9.21. The summed E-state index contributed by atoms with van der Waals surface area (Å²) < 4.78 is 5.91. The van der Waals surface area contributed by atoms with E-state index in [1.54, 1.807) is 0 Å². The van der Waals surface area contributed by atoms with Gasteiger partial charge in [-0.05, 0) is 56.9 Å². The third-order valence-corrected chi connectivity index (χ3v) is 4.94. The van der Waals surface area contributed by atoms with Crippen molar-refractivity contribution < 1.29 is 9.84 Å². The van der Waals surface area contributed by atoms with Crippen LogP contribution in [0.5, 0.6) is 5.88 Å². The number of aromatic nitrogens is 1. The Morgan fingerprint density at radius 2 is 2.07 bits per heavy atom. The van der Waals surface area contributed by atoms with Gasteiger partial charge in [-0.1, -0.05) is 19.4 Å². The Hall–Kier alpha value is -1.82. The van der Waals surface area contributed by atoms with E-state index in [0.29, 0.717) is 24.4 Å². The third kappa shape index (κ3) is 8.16. The predicted octanol–water partition coefficient (Wildman–Crippen LogP) is 3.26. The lowest BCUT2D eigenvalue weighted by Gasteiger charge is -2.18. The molecular formula is C21H36N4O2. The summed E-state index contributed by atoms with van der Waals surface area (Å²) >= 11 is 0. The fourth-order valence-electron chi connectivity index (χ4n) is 3.44. The molecule has 0 spiro atoms. The van der Waals surface area contributed by atoms with Gasteiger partial charge in [0, 0.05) is 32.0 Å². The molecule has 2 rings (SSSR count). The first-order chi connectivity index (χ1) is 13.2. The molecule has 1 aromatic heterocycles. The maximum atomic E-state index is 9.21. The molecule has 1 saturated carbocycles. The highest BCUT2D eigenvalue weighted by Gasteiger charge is 2.16. The van der Waals surface area contributed by atoms with Crippen LogP contribution in [0.2, 0.25) is 0 Å². The van der Waals surface area contributed by atoms with E-state index < -0.39 is 0 Å². The number of nitrogens with one attached hydrogen (secondary N) is 2. The molecule has 1 aromatic rings. The Labute approximate surface area is 163 Å². The molecule has 1 aliphatic carbocycles. The van der Waals surface area contributed by atoms with Crippen molar-refractivity contribution >= 4 is 5.96 Å². The number of pyridine rings is 1. The van der Waals surface area contributed by atoms with E-state index in [1.807, 2.05) is 18.3 Å². The lowest BCUT2D eigenvalue weighted by molar-refractivity contribution is 0.201. The second-order valence-electron chi connectivity index (χ2n) is 7.27. The SMILES string of the molecule is CCCC(CCO)CNC(=NCc1ccc(OC2CCCC2)nc1)NCC. The number of hydrogen-bond acceptors (Lipinski definition) is 4. The number of ether oxygens (including phenoxy) is 1. The highest BCUT2D eigenvalue weighted by Crippen LogP contribution is 2.22. The number of guanidine groups is 1. The predicted molar refractivity (Wildman–Crippen MR) is 110 cm³/mol. The second kappa shape index (κ2) is 12.5. The zero-order valence-corrected chi connectivity index (χ0v) is 16.9. The van der Waals surface area contributed by atoms with Gasteiger partial charge in [-0.15, -0.1) is 0 Å². The van der Waals surface area contributed by atoms with Crippen LogP contribution in [0.25, 0.3) is 0 Å². The zero-order chi connectivity index (χ0) is 19.3. The third-order valence-electron chi connectivity index (χ3n) is 4.94. The summed E-state index contributed by atoms with van der Waals surface area (Å²) in [5.74, 6) is 1.99. The fraction of sp³-hybridized carbons (Fsp3) is 0.714. The van der Waals surface area contributed by atoms with Crippen LogP contribution in [0.3, 0.4) is 0 Å². The summed E-state index contributed by atoms with van der Waals surface area (Å²) in [5.41, 5.74) is 1.06. The Morgan fingerprint density at radius 1 is 1.26 bits per heavy atom. The number of aliphatic hydroxyl groups excluding tert-OH is 1. The van der Waals surface area contributed by atoms with Gasteiger partial charge in [0.25, 0.3) is 0 Å². The van der Waals surface area contributed by atoms with Gasteiger partial charge in [0.05, 0.1) is 6.54 Å². The molecule has 1 fully saturated rings. The van der Waals surface area contributed by atoms with E-state index in [9.17, 15) is 5.11 Å². The molecule has 152 valence electrons. The molecule has 27 heavy (non-hydrogen) atoms. The smallest absolute Gasteiger partial charge is 0.213 e. The van der Waals surface area contributed by atoms with E-state index in [2.05, 4.69) is 34.5 Å². The van der Waals surface area contributed by atoms with Crippen molar-refractivity contribution in [2.45, 2.75) is 71.4 Å². The van der Waals surface area contributed by atoms with Gasteiger partial charge in [-0.25, -0.2) is 9.98 Å². The Balaban J connectivity index is 1.85. The number of nitrogens with zero attached hydrogens (tertiary/aromatic N) is 2. The first-order valence-electron chi connectivity index (χ1n) is 10.5. The van der Waals surface area contributed by atoms with E-state index in [0.717, 1.165) is 56.7 Å². The van der Waals surface area contributed by atoms with Crippen molar-refractivity contribution in [3.05, 3.63) is 23.9 Å². The van der Waals surface area contributed by atoms with Gasteiger partial charge in [0.1, 0.15) is 6.10 Å². The lowest BCUT2D eigenvalue weighted by atomic mass is 10.0. The highest BCUT2D eigenvalue weighted by molar-refractivity contribution is 5.79. The summed E-state index contributed by atoms with van der Waals surface area (Å²) in [4.78, 5) is 9.09. The van der Waals surface area contributed by atoms with E-state index in [4.69, 9.17) is 4.74 Å². The van der Waals surface area contributed by atoms with Crippen LogP contribution in [0.1, 0.15) is 64.4 Å². The first kappa shape index (κ1) is 21.5. The molecule has 0 saturated heterocycles. The largest absolute Gasteiger partial charge is 0.474 e. The molecule has 0 radical (unpaired) electrons. The Bertz CT molecular complexity index is 536. The van der Waals surface area contributed by atoms with Crippen molar-refractivity contribution in [1.29, 1.82) is 0 Å². The Morgan fingerprint density at radius 3 is 2.70 bits per heavy atom. The second-order valence-corrected chi connectivity index (χ2v) is 7.27. The van der Waals surface area contributed by atoms with Gasteiger partial charge in [-0.3, -0.25) is 0 Å².